The van der Waals surface area contributed by atoms with Crippen LogP contribution in [0.4, 0.5) is 0 Å². The Morgan fingerprint density at radius 1 is 0.833 bits per heavy atom. The number of Topliss-reactive ketones (excluding diaryl/α,β-unsaturated/α-hetero) is 1. The first-order chi connectivity index (χ1) is 26.0. The maximum atomic E-state index is 13.9. The average Bonchev–Trinajstić information content (AvgIpc) is 3.78. The SMILES string of the molecule is C=C1C[C@@H]2/C=C/C(=O)C[C@H]3O[C@H]4[C@@H](O)[C@H]5O[C@H](CC[C@@H]5O[C@H]4[C@H]3O)CC(=O)C[C@@H]3[C@@H](OC)[C@@H](C[C@@H](CO)OS)O[C@H]3C[C@H]3O[C@@H](CC[C@@H]1O2)C[C@@H](C)C3=C. The van der Waals surface area contributed by atoms with E-state index in [-0.39, 0.29) is 73.7 Å². The Balaban J connectivity index is 1.13. The number of allylic oxidation sites excluding steroid dienone is 1. The normalized spacial score (nSPS) is 47.3. The van der Waals surface area contributed by atoms with Crippen LogP contribution in [0.2, 0.25) is 0 Å². The number of methoxy groups -OCH3 is 1. The molecule has 13 nitrogen and oxygen atoms in total. The molecule has 0 aromatic rings. The van der Waals surface area contributed by atoms with Crippen molar-refractivity contribution in [1.29, 1.82) is 0 Å². The third-order valence-electron chi connectivity index (χ3n) is 12.9. The Kier molecular flexibility index (Phi) is 13.2. The van der Waals surface area contributed by atoms with Crippen molar-refractivity contribution in [2.45, 2.75) is 175 Å². The van der Waals surface area contributed by atoms with Crippen LogP contribution < -0.4 is 0 Å². The lowest BCUT2D eigenvalue weighted by molar-refractivity contribution is -0.259. The van der Waals surface area contributed by atoms with E-state index in [0.717, 1.165) is 24.0 Å². The van der Waals surface area contributed by atoms with Gasteiger partial charge in [-0.15, -0.1) is 0 Å². The third kappa shape index (κ3) is 8.65. The number of hydrogen-bond donors (Lipinski definition) is 4. The molecule has 54 heavy (non-hydrogen) atoms. The van der Waals surface area contributed by atoms with Gasteiger partial charge in [-0.3, -0.25) is 9.59 Å². The molecule has 7 heterocycles. The molecule has 18 atom stereocenters. The molecule has 7 aliphatic heterocycles. The number of rotatable bonds is 5. The first kappa shape index (κ1) is 40.7. The predicted octanol–water partition coefficient (Wildman–Crippen LogP) is 2.91. The number of ether oxygens (including phenoxy) is 7. The molecule has 0 unspecified atom stereocenters. The predicted molar refractivity (Wildman–Crippen MR) is 197 cm³/mol. The fraction of sp³-hybridized carbons (Fsp3) is 0.800. The minimum Gasteiger partial charge on any atom is -0.394 e. The molecule has 0 aromatic heterocycles. The van der Waals surface area contributed by atoms with Gasteiger partial charge in [0, 0.05) is 51.6 Å². The van der Waals surface area contributed by atoms with E-state index in [1.54, 1.807) is 13.2 Å². The van der Waals surface area contributed by atoms with Gasteiger partial charge in [0.15, 0.2) is 5.78 Å². The van der Waals surface area contributed by atoms with Crippen molar-refractivity contribution >= 4 is 24.5 Å². The van der Waals surface area contributed by atoms with Gasteiger partial charge in [0.2, 0.25) is 0 Å². The van der Waals surface area contributed by atoms with Gasteiger partial charge in [-0.2, -0.15) is 0 Å². The summed E-state index contributed by atoms with van der Waals surface area (Å²) in [6, 6.07) is 0. The first-order valence-corrected chi connectivity index (χ1v) is 20.1. The monoisotopic (exact) mass is 778 g/mol. The van der Waals surface area contributed by atoms with Crippen LogP contribution in [0, 0.1) is 11.8 Å². The molecule has 6 fully saturated rings. The molecule has 0 radical (unpaired) electrons. The summed E-state index contributed by atoms with van der Waals surface area (Å²) in [5.74, 6) is -0.362. The summed E-state index contributed by atoms with van der Waals surface area (Å²) in [6.45, 7) is 10.6. The number of ketones is 2. The highest BCUT2D eigenvalue weighted by Crippen LogP contribution is 2.43. The fourth-order valence-electron chi connectivity index (χ4n) is 9.93. The lowest BCUT2D eigenvalue weighted by atomic mass is 9.81. The van der Waals surface area contributed by atoms with Gasteiger partial charge in [-0.25, -0.2) is 0 Å². The molecule has 0 aliphatic carbocycles. The molecular formula is C40H58O13S. The van der Waals surface area contributed by atoms with Crippen molar-refractivity contribution in [2.24, 2.45) is 11.8 Å². The second-order valence-electron chi connectivity index (χ2n) is 16.6. The Bertz CT molecular complexity index is 1400. The minimum atomic E-state index is -1.11. The van der Waals surface area contributed by atoms with E-state index in [9.17, 15) is 24.9 Å². The maximum absolute atomic E-state index is 13.9. The smallest absolute Gasteiger partial charge is 0.158 e. The van der Waals surface area contributed by atoms with E-state index in [4.69, 9.17) is 37.3 Å². The van der Waals surface area contributed by atoms with Crippen molar-refractivity contribution in [3.05, 3.63) is 36.5 Å². The van der Waals surface area contributed by atoms with Crippen molar-refractivity contribution in [3.8, 4) is 0 Å². The zero-order valence-electron chi connectivity index (χ0n) is 31.3. The first-order valence-electron chi connectivity index (χ1n) is 19.8. The lowest BCUT2D eigenvalue weighted by Crippen LogP contribution is -2.61. The molecular weight excluding hydrogens is 720 g/mol. The van der Waals surface area contributed by atoms with E-state index >= 15 is 0 Å². The second-order valence-corrected chi connectivity index (χ2v) is 16.8. The fourth-order valence-corrected chi connectivity index (χ4v) is 10.1. The molecule has 0 aromatic carbocycles. The lowest BCUT2D eigenvalue weighted by Gasteiger charge is -2.46. The highest BCUT2D eigenvalue weighted by Gasteiger charge is 2.57. The third-order valence-corrected chi connectivity index (χ3v) is 13.2. The Labute approximate surface area is 323 Å². The van der Waals surface area contributed by atoms with Crippen LogP contribution in [0.1, 0.15) is 77.6 Å². The Morgan fingerprint density at radius 2 is 1.59 bits per heavy atom. The summed E-state index contributed by atoms with van der Waals surface area (Å²) in [6.07, 6.45) is -0.971. The molecule has 3 N–H and O–H groups in total. The highest BCUT2D eigenvalue weighted by molar-refractivity contribution is 7.75. The van der Waals surface area contributed by atoms with E-state index in [2.05, 4.69) is 33.0 Å². The summed E-state index contributed by atoms with van der Waals surface area (Å²) >= 11 is 3.95. The van der Waals surface area contributed by atoms with E-state index < -0.39 is 73.2 Å². The number of aliphatic hydroxyl groups excluding tert-OH is 3. The molecule has 8 bridgehead atoms. The molecule has 14 heteroatoms. The van der Waals surface area contributed by atoms with Gasteiger partial charge in [0.25, 0.3) is 0 Å². The van der Waals surface area contributed by atoms with Gasteiger partial charge in [0.1, 0.15) is 36.3 Å². The number of carbonyl (C=O) groups is 2. The molecule has 0 spiro atoms. The van der Waals surface area contributed by atoms with E-state index in [1.807, 2.05) is 0 Å². The quantitative estimate of drug-likeness (QED) is 0.183. The van der Waals surface area contributed by atoms with Gasteiger partial charge < -0.3 is 52.7 Å². The van der Waals surface area contributed by atoms with E-state index in [0.29, 0.717) is 38.5 Å². The molecule has 7 aliphatic rings. The topological polar surface area (TPSA) is 169 Å². The molecule has 0 amide bonds. The zero-order valence-corrected chi connectivity index (χ0v) is 32.2. The Morgan fingerprint density at radius 3 is 2.35 bits per heavy atom. The number of thiol groups is 1. The van der Waals surface area contributed by atoms with Gasteiger partial charge in [-0.05, 0) is 68.2 Å². The largest absolute Gasteiger partial charge is 0.394 e. The molecule has 7 rings (SSSR count). The van der Waals surface area contributed by atoms with Crippen LogP contribution in [0.15, 0.2) is 36.5 Å². The van der Waals surface area contributed by atoms with Crippen LogP contribution in [-0.2, 0) is 46.9 Å². The highest BCUT2D eigenvalue weighted by atomic mass is 32.1. The zero-order chi connectivity index (χ0) is 38.3. The summed E-state index contributed by atoms with van der Waals surface area (Å²) < 4.78 is 49.6. The summed E-state index contributed by atoms with van der Waals surface area (Å²) in [5, 5.41) is 32.5. The van der Waals surface area contributed by atoms with Crippen molar-refractivity contribution in [2.75, 3.05) is 13.7 Å². The number of fused-ring (bicyclic) bond motifs is 7. The van der Waals surface area contributed by atoms with Crippen LogP contribution >= 0.6 is 12.9 Å². The number of hydrogen-bond acceptors (Lipinski definition) is 14. The summed E-state index contributed by atoms with van der Waals surface area (Å²) in [4.78, 5) is 27.0. The molecule has 6 saturated heterocycles. The average molecular weight is 779 g/mol. The molecule has 0 saturated carbocycles. The van der Waals surface area contributed by atoms with Crippen molar-refractivity contribution in [3.63, 3.8) is 0 Å². The minimum absolute atomic E-state index is 0.0255. The summed E-state index contributed by atoms with van der Waals surface area (Å²) in [5.41, 5.74) is 1.96. The molecule has 302 valence electrons. The van der Waals surface area contributed by atoms with Gasteiger partial charge in [-0.1, -0.05) is 26.2 Å². The maximum Gasteiger partial charge on any atom is 0.158 e. The van der Waals surface area contributed by atoms with Crippen LogP contribution in [-0.4, -0.2) is 138 Å². The van der Waals surface area contributed by atoms with Gasteiger partial charge >= 0.3 is 0 Å². The number of carbonyl (C=O) groups excluding carboxylic acids is 2. The summed E-state index contributed by atoms with van der Waals surface area (Å²) in [7, 11) is 1.61. The van der Waals surface area contributed by atoms with Gasteiger partial charge in [0.05, 0.1) is 73.8 Å². The van der Waals surface area contributed by atoms with Crippen LogP contribution in [0.3, 0.4) is 0 Å². The standard InChI is InChI=1S/C40H58O13S/c1-19-11-25-7-9-29-20(2)12-24(47-29)6-5-22(42)15-33-35(44)39-40(52-33)36(45)38-30(51-39)10-8-26(49-38)13-23(43)14-28-32(17-31(48-25)21(19)3)50-34(37(28)46-4)16-27(18-41)53-54/h5-6,19,24-41,44-45,54H,2-3,7-18H2,1,4H3/b6-5+/t19-,24+,25+,26-,27+,28+,29+,30+,31-,32+,33-,34-,35+,36+,37-,38+,39+,40+/m1/s1. The van der Waals surface area contributed by atoms with Crippen molar-refractivity contribution < 1.29 is 62.2 Å². The number of aliphatic hydroxyl groups is 3. The van der Waals surface area contributed by atoms with Crippen LogP contribution in [0.25, 0.3) is 0 Å². The van der Waals surface area contributed by atoms with Crippen LogP contribution in [0.5, 0.6) is 0 Å². The Hall–Kier alpha value is -1.53. The second kappa shape index (κ2) is 17.5. The van der Waals surface area contributed by atoms with Crippen molar-refractivity contribution in [1.82, 2.24) is 0 Å². The van der Waals surface area contributed by atoms with E-state index in [1.165, 1.54) is 6.08 Å².